The quantitative estimate of drug-likeness (QED) is 0.363. The van der Waals surface area contributed by atoms with E-state index in [1.54, 1.807) is 0 Å². The fraction of sp³-hybridized carbons (Fsp3) is 0.667. The van der Waals surface area contributed by atoms with Gasteiger partial charge in [0.05, 0.1) is 6.92 Å². The number of fused-ring (bicyclic) bond motifs is 1. The van der Waals surface area contributed by atoms with E-state index < -0.39 is 5.60 Å². The number of hydrogen-bond donors (Lipinski definition) is 0. The topological polar surface area (TPSA) is 26.3 Å². The summed E-state index contributed by atoms with van der Waals surface area (Å²) in [7, 11) is 0. The molecule has 0 aliphatic heterocycles. The van der Waals surface area contributed by atoms with E-state index in [2.05, 4.69) is 19.9 Å². The van der Waals surface area contributed by atoms with Gasteiger partial charge in [-0.2, -0.15) is 0 Å². The monoisotopic (exact) mass is 193 g/mol. The van der Waals surface area contributed by atoms with Gasteiger partial charge in [-0.3, -0.25) is 4.79 Å². The molecule has 0 heterocycles. The number of hydrogen-bond acceptors (Lipinski definition) is 2. The van der Waals surface area contributed by atoms with Crippen molar-refractivity contribution in [1.82, 2.24) is 0 Å². The van der Waals surface area contributed by atoms with E-state index in [4.69, 9.17) is 4.74 Å². The summed E-state index contributed by atoms with van der Waals surface area (Å²) in [6, 6.07) is 0. The molecule has 2 nitrogen and oxygen atoms in total. The lowest BCUT2D eigenvalue weighted by Gasteiger charge is -2.55. The van der Waals surface area contributed by atoms with Gasteiger partial charge in [0.1, 0.15) is 11.0 Å². The van der Waals surface area contributed by atoms with Crippen molar-refractivity contribution >= 4 is 5.97 Å². The van der Waals surface area contributed by atoms with Gasteiger partial charge in [-0.25, -0.2) is 0 Å². The fourth-order valence-electron chi connectivity index (χ4n) is 2.92. The summed E-state index contributed by atoms with van der Waals surface area (Å²) < 4.78 is 5.40. The molecule has 0 saturated heterocycles. The zero-order valence-electron chi connectivity index (χ0n) is 9.04. The molecular formula is C12H17O2+. The van der Waals surface area contributed by atoms with E-state index in [-0.39, 0.29) is 11.4 Å². The normalized spacial score (nSPS) is 49.6. The Balaban J connectivity index is 2.26. The Hall–Kier alpha value is -0.920. The first-order chi connectivity index (χ1) is 6.36. The highest BCUT2D eigenvalue weighted by Crippen LogP contribution is 2.60. The van der Waals surface area contributed by atoms with Gasteiger partial charge in [-0.05, 0) is 26.3 Å². The summed E-state index contributed by atoms with van der Waals surface area (Å²) in [6.07, 6.45) is 5.27. The minimum Gasteiger partial charge on any atom is -0.455 e. The van der Waals surface area contributed by atoms with Crippen molar-refractivity contribution in [3.05, 3.63) is 19.1 Å². The van der Waals surface area contributed by atoms with Gasteiger partial charge < -0.3 is 4.74 Å². The van der Waals surface area contributed by atoms with Gasteiger partial charge in [0.15, 0.2) is 0 Å². The molecule has 0 aromatic rings. The highest BCUT2D eigenvalue weighted by molar-refractivity contribution is 5.67. The van der Waals surface area contributed by atoms with Crippen LogP contribution in [0.25, 0.3) is 0 Å². The van der Waals surface area contributed by atoms with E-state index >= 15 is 0 Å². The molecule has 2 heteroatoms. The summed E-state index contributed by atoms with van der Waals surface area (Å²) in [5.74, 6) is 0.725. The minimum absolute atomic E-state index is 0.0406. The molecule has 76 valence electrons. The second-order valence-corrected chi connectivity index (χ2v) is 5.04. The molecule has 2 bridgehead atoms. The molecule has 4 atom stereocenters. The van der Waals surface area contributed by atoms with Crippen LogP contribution in [0.2, 0.25) is 0 Å². The minimum atomic E-state index is -0.433. The maximum absolute atomic E-state index is 11.0. The SMILES string of the molecule is [CH2+]C1(C)[C@H]2C=CC(C)(OC(C)=O)[C@@H]1C2. The van der Waals surface area contributed by atoms with Gasteiger partial charge >= 0.3 is 5.97 Å². The summed E-state index contributed by atoms with van der Waals surface area (Å²) in [5.41, 5.74) is -0.393. The molecule has 2 unspecified atom stereocenters. The first kappa shape index (κ1) is 9.63. The van der Waals surface area contributed by atoms with Crippen molar-refractivity contribution in [3.63, 3.8) is 0 Å². The lowest BCUT2D eigenvalue weighted by Crippen LogP contribution is -2.59. The van der Waals surface area contributed by atoms with E-state index in [9.17, 15) is 4.79 Å². The molecule has 0 radical (unpaired) electrons. The van der Waals surface area contributed by atoms with Crippen LogP contribution in [0.5, 0.6) is 0 Å². The van der Waals surface area contributed by atoms with Gasteiger partial charge in [-0.1, -0.05) is 6.08 Å². The molecule has 0 spiro atoms. The molecule has 3 aliphatic rings. The van der Waals surface area contributed by atoms with E-state index in [0.717, 1.165) is 6.42 Å². The van der Waals surface area contributed by atoms with Crippen LogP contribution in [0.1, 0.15) is 27.2 Å². The Morgan fingerprint density at radius 2 is 2.21 bits per heavy atom. The van der Waals surface area contributed by atoms with Gasteiger partial charge in [0.2, 0.25) is 0 Å². The lowest BCUT2D eigenvalue weighted by atomic mass is 9.47. The summed E-state index contributed by atoms with van der Waals surface area (Å²) in [4.78, 5) is 11.0. The average molecular weight is 193 g/mol. The van der Waals surface area contributed by atoms with Crippen molar-refractivity contribution < 1.29 is 9.53 Å². The van der Waals surface area contributed by atoms with Crippen LogP contribution in [-0.2, 0) is 9.53 Å². The summed E-state index contributed by atoms with van der Waals surface area (Å²) >= 11 is 0. The molecule has 0 aromatic carbocycles. The van der Waals surface area contributed by atoms with Crippen molar-refractivity contribution in [2.24, 2.45) is 17.3 Å². The van der Waals surface area contributed by atoms with Crippen LogP contribution in [-0.4, -0.2) is 11.6 Å². The van der Waals surface area contributed by atoms with Crippen LogP contribution in [0.3, 0.4) is 0 Å². The Morgan fingerprint density at radius 1 is 1.57 bits per heavy atom. The Morgan fingerprint density at radius 3 is 2.64 bits per heavy atom. The van der Waals surface area contributed by atoms with Gasteiger partial charge in [0, 0.05) is 18.8 Å². The van der Waals surface area contributed by atoms with E-state index in [1.807, 2.05) is 13.0 Å². The molecule has 0 amide bonds. The third kappa shape index (κ3) is 1.09. The Bertz CT molecular complexity index is 303. The number of allylic oxidation sites excluding steroid dienone is 1. The highest BCUT2D eigenvalue weighted by atomic mass is 16.6. The van der Waals surface area contributed by atoms with E-state index in [1.165, 1.54) is 6.92 Å². The third-order valence-corrected chi connectivity index (χ3v) is 3.85. The first-order valence-electron chi connectivity index (χ1n) is 5.10. The van der Waals surface area contributed by atoms with Crippen molar-refractivity contribution in [2.75, 3.05) is 0 Å². The molecule has 1 fully saturated rings. The molecular weight excluding hydrogens is 176 g/mol. The number of carbonyl (C=O) groups excluding carboxylic acids is 1. The smallest absolute Gasteiger partial charge is 0.303 e. The second-order valence-electron chi connectivity index (χ2n) is 5.04. The second kappa shape index (κ2) is 2.56. The molecule has 3 rings (SSSR count). The molecule has 3 aliphatic carbocycles. The maximum atomic E-state index is 11.0. The standard InChI is InChI=1S/C12H17O2/c1-8(13)14-12(4)6-5-9-7-10(12)11(9,2)3/h5-6,9-10H,2,7H2,1,3-4H3/q+1/t9-,10+,11?,12?/m0/s1. The van der Waals surface area contributed by atoms with Crippen LogP contribution >= 0.6 is 0 Å². The van der Waals surface area contributed by atoms with Crippen LogP contribution in [0.15, 0.2) is 12.2 Å². The zero-order valence-corrected chi connectivity index (χ0v) is 9.04. The van der Waals surface area contributed by atoms with Gasteiger partial charge in [0.25, 0.3) is 0 Å². The Kier molecular flexibility index (Phi) is 1.76. The first-order valence-corrected chi connectivity index (χ1v) is 5.10. The highest BCUT2D eigenvalue weighted by Gasteiger charge is 2.63. The zero-order chi connectivity index (χ0) is 10.6. The predicted molar refractivity (Wildman–Crippen MR) is 54.4 cm³/mol. The largest absolute Gasteiger partial charge is 0.455 e. The average Bonchev–Trinajstić information content (AvgIpc) is 2.00. The van der Waals surface area contributed by atoms with Crippen LogP contribution in [0.4, 0.5) is 0 Å². The van der Waals surface area contributed by atoms with Crippen molar-refractivity contribution in [1.29, 1.82) is 0 Å². The number of carbonyl (C=O) groups is 1. The maximum Gasteiger partial charge on any atom is 0.303 e. The lowest BCUT2D eigenvalue weighted by molar-refractivity contribution is -0.174. The van der Waals surface area contributed by atoms with Crippen molar-refractivity contribution in [3.8, 4) is 0 Å². The van der Waals surface area contributed by atoms with Crippen LogP contribution in [0, 0.1) is 24.2 Å². The summed E-state index contributed by atoms with van der Waals surface area (Å²) in [5, 5.41) is 0. The fourth-order valence-corrected chi connectivity index (χ4v) is 2.92. The summed E-state index contributed by atoms with van der Waals surface area (Å²) in [6.45, 7) is 9.81. The molecule has 0 N–H and O–H groups in total. The van der Waals surface area contributed by atoms with Crippen LogP contribution < -0.4 is 0 Å². The molecule has 14 heavy (non-hydrogen) atoms. The molecule has 0 aromatic heterocycles. The van der Waals surface area contributed by atoms with Crippen molar-refractivity contribution in [2.45, 2.75) is 32.8 Å². The predicted octanol–water partition coefficient (Wildman–Crippen LogP) is 2.35. The number of ether oxygens (including phenoxy) is 1. The number of rotatable bonds is 1. The molecule has 1 saturated carbocycles. The number of esters is 1. The van der Waals surface area contributed by atoms with Gasteiger partial charge in [-0.15, -0.1) is 0 Å². The third-order valence-electron chi connectivity index (χ3n) is 3.85. The van der Waals surface area contributed by atoms with E-state index in [0.29, 0.717) is 11.8 Å². The Labute approximate surface area is 85.3 Å².